The van der Waals surface area contributed by atoms with Gasteiger partial charge in [-0.25, -0.2) is 0 Å². The van der Waals surface area contributed by atoms with Gasteiger partial charge in [0.1, 0.15) is 17.1 Å². The second-order valence-corrected chi connectivity index (χ2v) is 7.90. The zero-order chi connectivity index (χ0) is 22.2. The average Bonchev–Trinajstić information content (AvgIpc) is 3.20. The van der Waals surface area contributed by atoms with Crippen molar-refractivity contribution in [3.05, 3.63) is 99.9 Å². The number of aromatic nitrogens is 3. The highest BCUT2D eigenvalue weighted by atomic mass is 35.5. The largest absolute Gasteiger partial charge is 0.495 e. The van der Waals surface area contributed by atoms with Gasteiger partial charge in [-0.2, -0.15) is 9.61 Å². The minimum absolute atomic E-state index is 0.211. The summed E-state index contributed by atoms with van der Waals surface area (Å²) in [5, 5.41) is 5.20. The number of methoxy groups -OCH3 is 1. The molecule has 0 aliphatic carbocycles. The van der Waals surface area contributed by atoms with Crippen LogP contribution >= 0.6 is 11.6 Å². The summed E-state index contributed by atoms with van der Waals surface area (Å²) in [7, 11) is 1.56. The molecule has 5 aromatic rings. The van der Waals surface area contributed by atoms with E-state index in [0.717, 1.165) is 28.1 Å². The Kier molecular flexibility index (Phi) is 5.04. The lowest BCUT2D eigenvalue weighted by Crippen LogP contribution is -2.19. The highest BCUT2D eigenvalue weighted by molar-refractivity contribution is 6.32. The van der Waals surface area contributed by atoms with Crippen molar-refractivity contribution in [2.24, 2.45) is 0 Å². The summed E-state index contributed by atoms with van der Waals surface area (Å²) in [6.45, 7) is 1.89. The summed E-state index contributed by atoms with van der Waals surface area (Å²) in [5.41, 5.74) is 5.95. The topological polar surface area (TPSA) is 59.4 Å². The highest BCUT2D eigenvalue weighted by Gasteiger charge is 2.21. The molecule has 2 aromatic heterocycles. The van der Waals surface area contributed by atoms with Crippen molar-refractivity contribution in [2.75, 3.05) is 7.11 Å². The van der Waals surface area contributed by atoms with E-state index < -0.39 is 0 Å². The molecule has 1 N–H and O–H groups in total. The molecule has 0 spiro atoms. The van der Waals surface area contributed by atoms with Gasteiger partial charge in [-0.05, 0) is 30.2 Å². The summed E-state index contributed by atoms with van der Waals surface area (Å²) < 4.78 is 6.70. The van der Waals surface area contributed by atoms with Crippen LogP contribution in [0.1, 0.15) is 5.69 Å². The molecule has 3 aromatic carbocycles. The number of rotatable bonds is 4. The Balaban J connectivity index is 1.83. The molecule has 5 nitrogen and oxygen atoms in total. The molecule has 0 aliphatic rings. The molecular weight excluding hydrogens is 422 g/mol. The Morgan fingerprint density at radius 3 is 2.16 bits per heavy atom. The predicted molar refractivity (Wildman–Crippen MR) is 128 cm³/mol. The molecule has 0 saturated heterocycles. The van der Waals surface area contributed by atoms with E-state index in [0.29, 0.717) is 27.5 Å². The van der Waals surface area contributed by atoms with Crippen LogP contribution in [0.2, 0.25) is 5.02 Å². The lowest BCUT2D eigenvalue weighted by atomic mass is 10.0. The average molecular weight is 442 g/mol. The number of nitrogens with zero attached hydrogens (tertiary/aromatic N) is 2. The molecule has 5 rings (SSSR count). The molecule has 6 heteroatoms. The smallest absolute Gasteiger partial charge is 0.282 e. The predicted octanol–water partition coefficient (Wildman–Crippen LogP) is 5.99. The van der Waals surface area contributed by atoms with Crippen LogP contribution in [0.4, 0.5) is 0 Å². The van der Waals surface area contributed by atoms with E-state index in [-0.39, 0.29) is 5.56 Å². The molecule has 0 bridgehead atoms. The third-order valence-electron chi connectivity index (χ3n) is 5.52. The van der Waals surface area contributed by atoms with E-state index in [1.807, 2.05) is 73.7 Å². The molecule has 32 heavy (non-hydrogen) atoms. The number of aryl methyl sites for hydroxylation is 1. The van der Waals surface area contributed by atoms with Crippen LogP contribution in [-0.4, -0.2) is 21.7 Å². The van der Waals surface area contributed by atoms with Crippen molar-refractivity contribution in [2.45, 2.75) is 6.92 Å². The molecule has 0 amide bonds. The van der Waals surface area contributed by atoms with Crippen LogP contribution in [0, 0.1) is 6.92 Å². The first kappa shape index (κ1) is 20.1. The zero-order valence-electron chi connectivity index (χ0n) is 17.6. The standard InChI is InChI=1S/C26H20ClN3O2/c1-16-22(19-13-14-21(32-2)20(27)15-19)26(31)30-25(28-16)23(17-9-5-3-6-10-17)24(29-30)18-11-7-4-8-12-18/h3-15,28H,1-2H3. The van der Waals surface area contributed by atoms with Gasteiger partial charge in [0.05, 0.1) is 23.3 Å². The first-order valence-corrected chi connectivity index (χ1v) is 10.6. The van der Waals surface area contributed by atoms with E-state index in [1.54, 1.807) is 19.2 Å². The minimum atomic E-state index is -0.211. The van der Waals surface area contributed by atoms with Crippen molar-refractivity contribution in [1.82, 2.24) is 14.6 Å². The Hall–Kier alpha value is -3.83. The Labute approximate surface area is 189 Å². The number of H-pyrrole nitrogens is 1. The Bertz CT molecular complexity index is 1490. The molecule has 0 radical (unpaired) electrons. The van der Waals surface area contributed by atoms with Crippen molar-refractivity contribution in [3.63, 3.8) is 0 Å². The van der Waals surface area contributed by atoms with E-state index >= 15 is 0 Å². The van der Waals surface area contributed by atoms with Gasteiger partial charge < -0.3 is 9.72 Å². The van der Waals surface area contributed by atoms with Crippen molar-refractivity contribution in [1.29, 1.82) is 0 Å². The van der Waals surface area contributed by atoms with Crippen molar-refractivity contribution in [3.8, 4) is 39.3 Å². The maximum Gasteiger partial charge on any atom is 0.282 e. The first-order chi connectivity index (χ1) is 15.6. The number of fused-ring (bicyclic) bond motifs is 1. The second-order valence-electron chi connectivity index (χ2n) is 7.50. The summed E-state index contributed by atoms with van der Waals surface area (Å²) >= 11 is 6.33. The van der Waals surface area contributed by atoms with E-state index in [9.17, 15) is 4.79 Å². The highest BCUT2D eigenvalue weighted by Crippen LogP contribution is 2.35. The third-order valence-corrected chi connectivity index (χ3v) is 5.82. The number of aromatic amines is 1. The molecule has 0 aliphatic heterocycles. The van der Waals surface area contributed by atoms with Crippen LogP contribution in [-0.2, 0) is 0 Å². The van der Waals surface area contributed by atoms with E-state index in [4.69, 9.17) is 21.4 Å². The fourth-order valence-electron chi connectivity index (χ4n) is 4.03. The van der Waals surface area contributed by atoms with Crippen LogP contribution in [0.5, 0.6) is 5.75 Å². The molecule has 0 fully saturated rings. The van der Waals surface area contributed by atoms with Gasteiger partial charge in [0.2, 0.25) is 0 Å². The molecule has 158 valence electrons. The van der Waals surface area contributed by atoms with Crippen LogP contribution in [0.25, 0.3) is 39.2 Å². The lowest BCUT2D eigenvalue weighted by molar-refractivity contribution is 0.415. The number of hydrogen-bond acceptors (Lipinski definition) is 3. The lowest BCUT2D eigenvalue weighted by Gasteiger charge is -2.10. The Morgan fingerprint density at radius 1 is 0.875 bits per heavy atom. The summed E-state index contributed by atoms with van der Waals surface area (Å²) in [6.07, 6.45) is 0. The molecule has 0 unspecified atom stereocenters. The van der Waals surface area contributed by atoms with Crippen molar-refractivity contribution >= 4 is 17.2 Å². The van der Waals surface area contributed by atoms with Crippen molar-refractivity contribution < 1.29 is 4.74 Å². The molecule has 2 heterocycles. The maximum absolute atomic E-state index is 13.6. The second kappa shape index (κ2) is 8.02. The summed E-state index contributed by atoms with van der Waals surface area (Å²) in [5.74, 6) is 0.558. The van der Waals surface area contributed by atoms with Gasteiger partial charge in [0.15, 0.2) is 0 Å². The van der Waals surface area contributed by atoms with Gasteiger partial charge in [0, 0.05) is 11.3 Å². The molecule has 0 saturated carbocycles. The maximum atomic E-state index is 13.6. The number of benzene rings is 3. The fraction of sp³-hybridized carbons (Fsp3) is 0.0769. The normalized spacial score (nSPS) is 11.1. The SMILES string of the molecule is COc1ccc(-c2c(C)[nH]c3c(-c4ccccc4)c(-c4ccccc4)nn3c2=O)cc1Cl. The number of hydrogen-bond donors (Lipinski definition) is 1. The minimum Gasteiger partial charge on any atom is -0.495 e. The first-order valence-electron chi connectivity index (χ1n) is 10.2. The summed E-state index contributed by atoms with van der Waals surface area (Å²) in [4.78, 5) is 17.1. The van der Waals surface area contributed by atoms with E-state index in [1.165, 1.54) is 4.52 Å². The number of halogens is 1. The fourth-order valence-corrected chi connectivity index (χ4v) is 4.28. The van der Waals surface area contributed by atoms with Gasteiger partial charge in [-0.3, -0.25) is 4.79 Å². The quantitative estimate of drug-likeness (QED) is 0.372. The monoisotopic (exact) mass is 441 g/mol. The van der Waals surface area contributed by atoms with Gasteiger partial charge in [-0.15, -0.1) is 0 Å². The van der Waals surface area contributed by atoms with Gasteiger partial charge >= 0.3 is 0 Å². The number of ether oxygens (including phenoxy) is 1. The number of nitrogens with one attached hydrogen (secondary N) is 1. The zero-order valence-corrected chi connectivity index (χ0v) is 18.4. The van der Waals surface area contributed by atoms with Crippen LogP contribution in [0.15, 0.2) is 83.7 Å². The third kappa shape index (κ3) is 3.27. The summed E-state index contributed by atoms with van der Waals surface area (Å²) in [6, 6.07) is 25.2. The molecular formula is C26H20ClN3O2. The van der Waals surface area contributed by atoms with Crippen LogP contribution < -0.4 is 10.3 Å². The molecule has 0 atom stereocenters. The van der Waals surface area contributed by atoms with E-state index in [2.05, 4.69) is 4.98 Å². The van der Waals surface area contributed by atoms with Gasteiger partial charge in [-0.1, -0.05) is 78.3 Å². The Morgan fingerprint density at radius 2 is 1.53 bits per heavy atom. The van der Waals surface area contributed by atoms with Crippen LogP contribution in [0.3, 0.4) is 0 Å². The van der Waals surface area contributed by atoms with Gasteiger partial charge in [0.25, 0.3) is 5.56 Å².